The minimum absolute atomic E-state index is 0.521. The Morgan fingerprint density at radius 3 is 2.94 bits per heavy atom. The van der Waals surface area contributed by atoms with Gasteiger partial charge in [0.05, 0.1) is 19.3 Å². The van der Waals surface area contributed by atoms with Gasteiger partial charge in [-0.3, -0.25) is 4.99 Å². The van der Waals surface area contributed by atoms with Crippen LogP contribution in [0.15, 0.2) is 4.99 Å². The SMILES string of the molecule is CCC1CSC(=NCCOC2CCCC2)N1. The lowest BCUT2D eigenvalue weighted by Gasteiger charge is -2.09. The summed E-state index contributed by atoms with van der Waals surface area (Å²) in [6, 6.07) is 0.625. The van der Waals surface area contributed by atoms with Crippen LogP contribution >= 0.6 is 11.8 Å². The molecule has 1 heterocycles. The van der Waals surface area contributed by atoms with Gasteiger partial charge in [-0.2, -0.15) is 0 Å². The molecule has 1 aliphatic carbocycles. The highest BCUT2D eigenvalue weighted by atomic mass is 32.2. The largest absolute Gasteiger partial charge is 0.376 e. The van der Waals surface area contributed by atoms with Crippen molar-refractivity contribution in [3.05, 3.63) is 0 Å². The topological polar surface area (TPSA) is 33.6 Å². The van der Waals surface area contributed by atoms with E-state index in [1.807, 2.05) is 11.8 Å². The van der Waals surface area contributed by atoms with Crippen LogP contribution in [-0.4, -0.2) is 36.2 Å². The highest BCUT2D eigenvalue weighted by Gasteiger charge is 2.18. The molecule has 0 aromatic rings. The average Bonchev–Trinajstić information content (AvgIpc) is 2.95. The molecule has 0 aromatic heterocycles. The summed E-state index contributed by atoms with van der Waals surface area (Å²) < 4.78 is 5.77. The van der Waals surface area contributed by atoms with Crippen molar-refractivity contribution >= 4 is 16.9 Å². The van der Waals surface area contributed by atoms with Crippen molar-refractivity contribution in [1.82, 2.24) is 5.32 Å². The number of thioether (sulfide) groups is 1. The fourth-order valence-corrected chi connectivity index (χ4v) is 3.28. The zero-order chi connectivity index (χ0) is 11.2. The third-order valence-corrected chi connectivity index (χ3v) is 4.33. The fraction of sp³-hybridized carbons (Fsp3) is 0.917. The van der Waals surface area contributed by atoms with Crippen LogP contribution in [0.5, 0.6) is 0 Å². The van der Waals surface area contributed by atoms with Crippen molar-refractivity contribution in [3.8, 4) is 0 Å². The molecule has 16 heavy (non-hydrogen) atoms. The molecule has 3 nitrogen and oxygen atoms in total. The highest BCUT2D eigenvalue weighted by molar-refractivity contribution is 8.14. The number of hydrogen-bond acceptors (Lipinski definition) is 3. The summed E-state index contributed by atoms with van der Waals surface area (Å²) in [5, 5.41) is 4.54. The van der Waals surface area contributed by atoms with E-state index in [1.54, 1.807) is 0 Å². The van der Waals surface area contributed by atoms with E-state index in [0.717, 1.165) is 18.3 Å². The Hall–Kier alpha value is -0.220. The van der Waals surface area contributed by atoms with Crippen LogP contribution in [0.25, 0.3) is 0 Å². The molecule has 0 radical (unpaired) electrons. The Kier molecular flexibility index (Phi) is 4.97. The van der Waals surface area contributed by atoms with E-state index in [-0.39, 0.29) is 0 Å². The molecule has 0 bridgehead atoms. The second kappa shape index (κ2) is 6.50. The van der Waals surface area contributed by atoms with Crippen LogP contribution in [0, 0.1) is 0 Å². The minimum atomic E-state index is 0.521. The van der Waals surface area contributed by atoms with Gasteiger partial charge >= 0.3 is 0 Å². The average molecular weight is 242 g/mol. The summed E-state index contributed by atoms with van der Waals surface area (Å²) in [6.45, 7) is 3.81. The molecule has 0 amide bonds. The number of hydrogen-bond donors (Lipinski definition) is 1. The Labute approximate surface area is 102 Å². The van der Waals surface area contributed by atoms with Crippen molar-refractivity contribution in [1.29, 1.82) is 0 Å². The first-order valence-electron chi connectivity index (χ1n) is 6.44. The third-order valence-electron chi connectivity index (χ3n) is 3.24. The van der Waals surface area contributed by atoms with Gasteiger partial charge < -0.3 is 10.1 Å². The number of nitrogens with one attached hydrogen (secondary N) is 1. The normalized spacial score (nSPS) is 28.8. The van der Waals surface area contributed by atoms with Gasteiger partial charge in [0, 0.05) is 11.8 Å². The zero-order valence-electron chi connectivity index (χ0n) is 10.1. The lowest BCUT2D eigenvalue weighted by Crippen LogP contribution is -2.26. The molecule has 0 spiro atoms. The number of amidine groups is 1. The molecule has 1 N–H and O–H groups in total. The van der Waals surface area contributed by atoms with E-state index >= 15 is 0 Å². The van der Waals surface area contributed by atoms with Crippen LogP contribution in [0.2, 0.25) is 0 Å². The van der Waals surface area contributed by atoms with E-state index in [0.29, 0.717) is 12.1 Å². The maximum atomic E-state index is 5.77. The zero-order valence-corrected chi connectivity index (χ0v) is 10.9. The van der Waals surface area contributed by atoms with Crippen LogP contribution in [0.4, 0.5) is 0 Å². The van der Waals surface area contributed by atoms with Crippen molar-refractivity contribution in [2.45, 2.75) is 51.2 Å². The van der Waals surface area contributed by atoms with E-state index < -0.39 is 0 Å². The summed E-state index contributed by atoms with van der Waals surface area (Å²) >= 11 is 1.84. The first-order chi connectivity index (χ1) is 7.88. The predicted molar refractivity (Wildman–Crippen MR) is 70.2 cm³/mol. The van der Waals surface area contributed by atoms with E-state index in [2.05, 4.69) is 17.2 Å². The lowest BCUT2D eigenvalue weighted by atomic mass is 10.3. The molecule has 0 aromatic carbocycles. The van der Waals surface area contributed by atoms with Gasteiger partial charge in [0.1, 0.15) is 0 Å². The Balaban J connectivity index is 1.58. The van der Waals surface area contributed by atoms with Crippen LogP contribution < -0.4 is 5.32 Å². The molecule has 1 saturated carbocycles. The molecule has 1 saturated heterocycles. The van der Waals surface area contributed by atoms with Gasteiger partial charge in [0.25, 0.3) is 0 Å². The lowest BCUT2D eigenvalue weighted by molar-refractivity contribution is 0.0644. The molecule has 1 atom stereocenters. The summed E-state index contributed by atoms with van der Waals surface area (Å²) in [5.74, 6) is 1.17. The summed E-state index contributed by atoms with van der Waals surface area (Å²) in [7, 11) is 0. The summed E-state index contributed by atoms with van der Waals surface area (Å²) in [4.78, 5) is 4.53. The van der Waals surface area contributed by atoms with Gasteiger partial charge in [0.15, 0.2) is 5.17 Å². The number of nitrogens with zero attached hydrogens (tertiary/aromatic N) is 1. The molecular weight excluding hydrogens is 220 g/mol. The Morgan fingerprint density at radius 2 is 2.25 bits per heavy atom. The molecule has 92 valence electrons. The third kappa shape index (κ3) is 3.67. The minimum Gasteiger partial charge on any atom is -0.376 e. The maximum Gasteiger partial charge on any atom is 0.156 e. The van der Waals surface area contributed by atoms with E-state index in [9.17, 15) is 0 Å². The smallest absolute Gasteiger partial charge is 0.156 e. The first-order valence-corrected chi connectivity index (χ1v) is 7.42. The monoisotopic (exact) mass is 242 g/mol. The summed E-state index contributed by atoms with van der Waals surface area (Å²) in [6.07, 6.45) is 6.89. The van der Waals surface area contributed by atoms with Crippen LogP contribution in [0.3, 0.4) is 0 Å². The first kappa shape index (κ1) is 12.2. The molecule has 2 fully saturated rings. The van der Waals surface area contributed by atoms with Gasteiger partial charge in [-0.15, -0.1) is 0 Å². The van der Waals surface area contributed by atoms with E-state index in [1.165, 1.54) is 37.9 Å². The van der Waals surface area contributed by atoms with Crippen molar-refractivity contribution in [2.24, 2.45) is 4.99 Å². The van der Waals surface area contributed by atoms with Crippen molar-refractivity contribution < 1.29 is 4.74 Å². The van der Waals surface area contributed by atoms with Crippen LogP contribution in [-0.2, 0) is 4.74 Å². The van der Waals surface area contributed by atoms with Crippen molar-refractivity contribution in [2.75, 3.05) is 18.9 Å². The number of aliphatic imine (C=N–C) groups is 1. The Bertz CT molecular complexity index is 239. The Morgan fingerprint density at radius 1 is 1.44 bits per heavy atom. The number of rotatable bonds is 5. The van der Waals surface area contributed by atoms with Gasteiger partial charge in [-0.1, -0.05) is 31.5 Å². The predicted octanol–water partition coefficient (Wildman–Crippen LogP) is 2.42. The second-order valence-electron chi connectivity index (χ2n) is 4.52. The highest BCUT2D eigenvalue weighted by Crippen LogP contribution is 2.20. The van der Waals surface area contributed by atoms with E-state index in [4.69, 9.17) is 4.74 Å². The molecule has 4 heteroatoms. The molecule has 1 unspecified atom stereocenters. The van der Waals surface area contributed by atoms with Gasteiger partial charge in [0.2, 0.25) is 0 Å². The molecule has 2 rings (SSSR count). The standard InChI is InChI=1S/C12H22N2OS/c1-2-10-9-16-12(14-10)13-7-8-15-11-5-3-4-6-11/h10-11H,2-9H2,1H3,(H,13,14). The molecule has 2 aliphatic rings. The van der Waals surface area contributed by atoms with Gasteiger partial charge in [-0.05, 0) is 19.3 Å². The number of ether oxygens (including phenoxy) is 1. The quantitative estimate of drug-likeness (QED) is 0.752. The second-order valence-corrected chi connectivity index (χ2v) is 5.53. The summed E-state index contributed by atoms with van der Waals surface area (Å²) in [5.41, 5.74) is 0. The maximum absolute atomic E-state index is 5.77. The fourth-order valence-electron chi connectivity index (χ4n) is 2.17. The van der Waals surface area contributed by atoms with Crippen LogP contribution in [0.1, 0.15) is 39.0 Å². The molecular formula is C12H22N2OS. The molecule has 1 aliphatic heterocycles. The van der Waals surface area contributed by atoms with Crippen molar-refractivity contribution in [3.63, 3.8) is 0 Å². The van der Waals surface area contributed by atoms with Gasteiger partial charge in [-0.25, -0.2) is 0 Å².